The fourth-order valence-electron chi connectivity index (χ4n) is 4.82. The number of aryl methyl sites for hydroxylation is 1. The fourth-order valence-corrected chi connectivity index (χ4v) is 5.52. The van der Waals surface area contributed by atoms with Gasteiger partial charge in [0, 0.05) is 49.7 Å². The number of rotatable bonds is 4. The third-order valence-corrected chi connectivity index (χ3v) is 7.34. The maximum atomic E-state index is 12.7. The molecule has 2 aromatic heterocycles. The molecule has 1 saturated carbocycles. The van der Waals surface area contributed by atoms with Crippen molar-refractivity contribution < 1.29 is 9.59 Å². The van der Waals surface area contributed by atoms with Crippen molar-refractivity contribution >= 4 is 29.2 Å². The lowest BCUT2D eigenvalue weighted by Crippen LogP contribution is -2.50. The minimum Gasteiger partial charge on any atom is -0.346 e. The van der Waals surface area contributed by atoms with Gasteiger partial charge in [-0.3, -0.25) is 9.59 Å². The monoisotopic (exact) mass is 425 g/mol. The van der Waals surface area contributed by atoms with E-state index in [2.05, 4.69) is 24.5 Å². The summed E-state index contributed by atoms with van der Waals surface area (Å²) in [6.45, 7) is 6.69. The van der Waals surface area contributed by atoms with E-state index in [0.717, 1.165) is 10.4 Å². The number of aromatic nitrogens is 1. The highest BCUT2D eigenvalue weighted by atomic mass is 32.1. The van der Waals surface area contributed by atoms with Gasteiger partial charge in [0.05, 0.1) is 4.88 Å². The maximum absolute atomic E-state index is 12.7. The second-order valence-corrected chi connectivity index (χ2v) is 9.36. The molecule has 4 rings (SSSR count). The van der Waals surface area contributed by atoms with Crippen LogP contribution in [0.5, 0.6) is 0 Å². The van der Waals surface area contributed by atoms with Gasteiger partial charge in [-0.25, -0.2) is 0 Å². The highest BCUT2D eigenvalue weighted by Crippen LogP contribution is 2.32. The molecule has 30 heavy (non-hydrogen) atoms. The molecular weight excluding hydrogens is 394 g/mol. The topological polar surface area (TPSA) is 45.6 Å². The van der Waals surface area contributed by atoms with E-state index in [1.807, 2.05) is 33.4 Å². The van der Waals surface area contributed by atoms with Gasteiger partial charge in [0.1, 0.15) is 0 Å². The van der Waals surface area contributed by atoms with E-state index in [9.17, 15) is 9.59 Å². The molecule has 2 amide bonds. The van der Waals surface area contributed by atoms with Crippen molar-refractivity contribution in [1.82, 2.24) is 14.4 Å². The van der Waals surface area contributed by atoms with E-state index in [1.54, 1.807) is 6.08 Å². The van der Waals surface area contributed by atoms with Gasteiger partial charge in [-0.15, -0.1) is 11.3 Å². The van der Waals surface area contributed by atoms with Gasteiger partial charge in [0.25, 0.3) is 5.91 Å². The summed E-state index contributed by atoms with van der Waals surface area (Å²) < 4.78 is 2.47. The van der Waals surface area contributed by atoms with E-state index in [4.69, 9.17) is 0 Å². The summed E-state index contributed by atoms with van der Waals surface area (Å²) in [7, 11) is 0. The Hall–Kier alpha value is -2.34. The molecule has 160 valence electrons. The summed E-state index contributed by atoms with van der Waals surface area (Å²) in [5.74, 6) is 0.100. The molecule has 0 N–H and O–H groups in total. The molecule has 0 aromatic carbocycles. The Balaban J connectivity index is 1.36. The van der Waals surface area contributed by atoms with Crippen molar-refractivity contribution in [2.75, 3.05) is 26.2 Å². The zero-order valence-corrected chi connectivity index (χ0v) is 18.8. The molecule has 0 spiro atoms. The number of carbonyl (C=O) groups is 2. The van der Waals surface area contributed by atoms with Crippen molar-refractivity contribution in [3.63, 3.8) is 0 Å². The number of nitrogens with zero attached hydrogens (tertiary/aromatic N) is 3. The van der Waals surface area contributed by atoms with Crippen LogP contribution in [0.4, 0.5) is 0 Å². The fraction of sp³-hybridized carbons (Fsp3) is 0.500. The summed E-state index contributed by atoms with van der Waals surface area (Å²) in [6, 6.07) is 6.56. The first-order chi connectivity index (χ1) is 14.5. The third-order valence-electron chi connectivity index (χ3n) is 6.48. The zero-order valence-electron chi connectivity index (χ0n) is 18.0. The highest BCUT2D eigenvalue weighted by Gasteiger charge is 2.24. The van der Waals surface area contributed by atoms with Gasteiger partial charge in [0.15, 0.2) is 0 Å². The molecule has 0 bridgehead atoms. The SMILES string of the molecule is Cc1cc(/C=C/C(=O)N2CCN(C(=O)c3cccs3)CC2)c(C)n1C1CCCCC1. The lowest BCUT2D eigenvalue weighted by molar-refractivity contribution is -0.127. The Labute approximate surface area is 183 Å². The minimum atomic E-state index is 0.0284. The molecule has 1 aliphatic heterocycles. The lowest BCUT2D eigenvalue weighted by Gasteiger charge is -2.34. The maximum Gasteiger partial charge on any atom is 0.264 e. The van der Waals surface area contributed by atoms with Crippen LogP contribution in [0.3, 0.4) is 0 Å². The molecule has 5 nitrogen and oxygen atoms in total. The molecule has 2 fully saturated rings. The van der Waals surface area contributed by atoms with Gasteiger partial charge in [-0.2, -0.15) is 0 Å². The number of carbonyl (C=O) groups excluding carboxylic acids is 2. The van der Waals surface area contributed by atoms with E-state index in [0.29, 0.717) is 32.2 Å². The average molecular weight is 426 g/mol. The van der Waals surface area contributed by atoms with Gasteiger partial charge in [-0.1, -0.05) is 25.3 Å². The number of piperazine rings is 1. The van der Waals surface area contributed by atoms with Crippen molar-refractivity contribution in [1.29, 1.82) is 0 Å². The molecule has 0 radical (unpaired) electrons. The summed E-state index contributed by atoms with van der Waals surface area (Å²) >= 11 is 1.47. The van der Waals surface area contributed by atoms with Gasteiger partial charge in [-0.05, 0) is 55.8 Å². The second kappa shape index (κ2) is 9.21. The highest BCUT2D eigenvalue weighted by molar-refractivity contribution is 7.12. The van der Waals surface area contributed by atoms with Crippen molar-refractivity contribution in [3.05, 3.63) is 51.5 Å². The Bertz CT molecular complexity index is 915. The molecule has 1 aliphatic carbocycles. The summed E-state index contributed by atoms with van der Waals surface area (Å²) in [6.07, 6.45) is 10.2. The van der Waals surface area contributed by atoms with Crippen LogP contribution in [-0.2, 0) is 4.79 Å². The van der Waals surface area contributed by atoms with Crippen LogP contribution < -0.4 is 0 Å². The lowest BCUT2D eigenvalue weighted by atomic mass is 9.95. The molecular formula is C24H31N3O2S. The van der Waals surface area contributed by atoms with Crippen molar-refractivity contribution in [2.45, 2.75) is 52.0 Å². The number of hydrogen-bond donors (Lipinski definition) is 0. The summed E-state index contributed by atoms with van der Waals surface area (Å²) in [4.78, 5) is 29.6. The first kappa shape index (κ1) is 20.9. The van der Waals surface area contributed by atoms with Crippen LogP contribution in [-0.4, -0.2) is 52.4 Å². The summed E-state index contributed by atoms with van der Waals surface area (Å²) in [5, 5.41) is 1.92. The van der Waals surface area contributed by atoms with E-state index < -0.39 is 0 Å². The Morgan fingerprint density at radius 1 is 1.03 bits per heavy atom. The average Bonchev–Trinajstić information content (AvgIpc) is 3.40. The van der Waals surface area contributed by atoms with E-state index >= 15 is 0 Å². The molecule has 1 saturated heterocycles. The standard InChI is InChI=1S/C24H31N3O2S/c1-18-17-20(19(2)27(18)21-7-4-3-5-8-21)10-11-23(28)25-12-14-26(15-13-25)24(29)22-9-6-16-30-22/h6,9-11,16-17,21H,3-5,7-8,12-15H2,1-2H3/b11-10+. The first-order valence-electron chi connectivity index (χ1n) is 11.0. The number of amides is 2. The Morgan fingerprint density at radius 3 is 2.40 bits per heavy atom. The van der Waals surface area contributed by atoms with Crippen molar-refractivity contribution in [3.8, 4) is 0 Å². The molecule has 3 heterocycles. The van der Waals surface area contributed by atoms with Gasteiger partial charge >= 0.3 is 0 Å². The Morgan fingerprint density at radius 2 is 1.73 bits per heavy atom. The van der Waals surface area contributed by atoms with Crippen LogP contribution in [0, 0.1) is 13.8 Å². The van der Waals surface area contributed by atoms with Crippen LogP contribution in [0.1, 0.15) is 64.8 Å². The Kier molecular flexibility index (Phi) is 6.42. The number of thiophene rings is 1. The van der Waals surface area contributed by atoms with Crippen LogP contribution in [0.2, 0.25) is 0 Å². The van der Waals surface area contributed by atoms with Gasteiger partial charge < -0.3 is 14.4 Å². The van der Waals surface area contributed by atoms with E-state index in [-0.39, 0.29) is 11.8 Å². The first-order valence-corrected chi connectivity index (χ1v) is 11.9. The zero-order chi connectivity index (χ0) is 21.1. The quantitative estimate of drug-likeness (QED) is 0.668. The van der Waals surface area contributed by atoms with Crippen LogP contribution >= 0.6 is 11.3 Å². The normalized spacial score (nSPS) is 18.3. The predicted octanol–water partition coefficient (Wildman–Crippen LogP) is 4.67. The van der Waals surface area contributed by atoms with E-state index in [1.165, 1.54) is 54.8 Å². The molecule has 0 unspecified atom stereocenters. The minimum absolute atomic E-state index is 0.0284. The number of hydrogen-bond acceptors (Lipinski definition) is 3. The predicted molar refractivity (Wildman–Crippen MR) is 122 cm³/mol. The molecule has 0 atom stereocenters. The van der Waals surface area contributed by atoms with Crippen LogP contribution in [0.15, 0.2) is 29.7 Å². The second-order valence-electron chi connectivity index (χ2n) is 8.42. The molecule has 2 aromatic rings. The van der Waals surface area contributed by atoms with Gasteiger partial charge in [0.2, 0.25) is 5.91 Å². The van der Waals surface area contributed by atoms with Crippen LogP contribution in [0.25, 0.3) is 6.08 Å². The third kappa shape index (κ3) is 4.38. The van der Waals surface area contributed by atoms with Crippen molar-refractivity contribution in [2.24, 2.45) is 0 Å². The molecule has 2 aliphatic rings. The largest absolute Gasteiger partial charge is 0.346 e. The smallest absolute Gasteiger partial charge is 0.264 e. The molecule has 6 heteroatoms. The summed E-state index contributed by atoms with van der Waals surface area (Å²) in [5.41, 5.74) is 3.68.